The van der Waals surface area contributed by atoms with Crippen LogP contribution >= 0.6 is 22.6 Å². The molecule has 12 heavy (non-hydrogen) atoms. The third kappa shape index (κ3) is 7.00. The molecule has 0 amide bonds. The third-order valence-corrected chi connectivity index (χ3v) is 2.29. The molecule has 0 nitrogen and oxygen atoms in total. The Morgan fingerprint density at radius 1 is 1.08 bits per heavy atom. The van der Waals surface area contributed by atoms with Gasteiger partial charge in [0.15, 0.2) is 3.83 Å². The van der Waals surface area contributed by atoms with Gasteiger partial charge in [0.2, 0.25) is 0 Å². The van der Waals surface area contributed by atoms with Crippen molar-refractivity contribution in [1.29, 1.82) is 0 Å². The molecule has 0 aliphatic rings. The van der Waals surface area contributed by atoms with Gasteiger partial charge in [-0.15, -0.1) is 0 Å². The van der Waals surface area contributed by atoms with E-state index in [1.165, 1.54) is 35.4 Å². The smallest absolute Gasteiger partial charge is 0.191 e. The third-order valence-electron chi connectivity index (χ3n) is 1.70. The van der Waals surface area contributed by atoms with Crippen molar-refractivity contribution >= 4 is 22.6 Å². The van der Waals surface area contributed by atoms with E-state index in [4.69, 9.17) is 0 Å². The Kier molecular flexibility index (Phi) is 8.17. The summed E-state index contributed by atoms with van der Waals surface area (Å²) in [7, 11) is 0. The summed E-state index contributed by atoms with van der Waals surface area (Å²) in [6, 6.07) is 0. The van der Waals surface area contributed by atoms with Gasteiger partial charge in [-0.2, -0.15) is 4.39 Å². The molecule has 72 valence electrons. The van der Waals surface area contributed by atoms with Gasteiger partial charge in [0.25, 0.3) is 0 Å². The van der Waals surface area contributed by atoms with Crippen LogP contribution < -0.4 is 0 Å². The number of halogens is 3. The van der Waals surface area contributed by atoms with Gasteiger partial charge in [0.1, 0.15) is 5.83 Å². The molecule has 0 rings (SSSR count). The van der Waals surface area contributed by atoms with Gasteiger partial charge >= 0.3 is 0 Å². The predicted molar refractivity (Wildman–Crippen MR) is 56.6 cm³/mol. The summed E-state index contributed by atoms with van der Waals surface area (Å²) in [6.45, 7) is 2.13. The van der Waals surface area contributed by atoms with Gasteiger partial charge in [0.05, 0.1) is 0 Å². The molecule has 0 aromatic heterocycles. The van der Waals surface area contributed by atoms with Crippen molar-refractivity contribution < 1.29 is 8.78 Å². The van der Waals surface area contributed by atoms with E-state index in [1.807, 2.05) is 0 Å². The van der Waals surface area contributed by atoms with Crippen molar-refractivity contribution in [2.24, 2.45) is 0 Å². The van der Waals surface area contributed by atoms with Gasteiger partial charge in [-0.25, -0.2) is 4.39 Å². The van der Waals surface area contributed by atoms with Gasteiger partial charge < -0.3 is 0 Å². The molecule has 0 aliphatic carbocycles. The average molecular weight is 288 g/mol. The van der Waals surface area contributed by atoms with Crippen LogP contribution in [-0.4, -0.2) is 0 Å². The minimum absolute atomic E-state index is 0.262. The van der Waals surface area contributed by atoms with Gasteiger partial charge in [-0.3, -0.25) is 0 Å². The monoisotopic (exact) mass is 288 g/mol. The van der Waals surface area contributed by atoms with Crippen LogP contribution in [0.3, 0.4) is 0 Å². The van der Waals surface area contributed by atoms with Crippen molar-refractivity contribution in [3.8, 4) is 0 Å². The number of rotatable bonds is 6. The average Bonchev–Trinajstić information content (AvgIpc) is 2.03. The lowest BCUT2D eigenvalue weighted by atomic mass is 10.1. The molecule has 0 radical (unpaired) electrons. The standard InChI is InChI=1S/C9H15F2I/c1-2-3-4-5-6-7-8(10)9(11)12/h2-7H2,1H3. The zero-order valence-electron chi connectivity index (χ0n) is 7.38. The van der Waals surface area contributed by atoms with Crippen LogP contribution in [0, 0.1) is 0 Å². The predicted octanol–water partition coefficient (Wildman–Crippen LogP) is 4.89. The van der Waals surface area contributed by atoms with E-state index in [0.717, 1.165) is 19.3 Å². The number of hydrogen-bond donors (Lipinski definition) is 0. The second kappa shape index (κ2) is 7.95. The fourth-order valence-corrected chi connectivity index (χ4v) is 1.25. The second-order valence-electron chi connectivity index (χ2n) is 2.83. The molecule has 0 saturated carbocycles. The number of hydrogen-bond acceptors (Lipinski definition) is 0. The van der Waals surface area contributed by atoms with Crippen molar-refractivity contribution in [3.05, 3.63) is 9.66 Å². The van der Waals surface area contributed by atoms with Crippen molar-refractivity contribution in [2.45, 2.75) is 45.4 Å². The quantitative estimate of drug-likeness (QED) is 0.482. The summed E-state index contributed by atoms with van der Waals surface area (Å²) in [5.41, 5.74) is 0. The summed E-state index contributed by atoms with van der Waals surface area (Å²) >= 11 is 1.37. The SMILES string of the molecule is CCCCCCCC(F)=C(F)I. The molecule has 0 atom stereocenters. The maximum atomic E-state index is 12.5. The molecule has 3 heteroatoms. The Hall–Kier alpha value is 0.330. The van der Waals surface area contributed by atoms with E-state index < -0.39 is 9.66 Å². The Labute approximate surface area is 86.6 Å². The highest BCUT2D eigenvalue weighted by Crippen LogP contribution is 2.20. The molecule has 0 spiro atoms. The van der Waals surface area contributed by atoms with E-state index in [-0.39, 0.29) is 6.42 Å². The summed E-state index contributed by atoms with van der Waals surface area (Å²) in [6.07, 6.45) is 5.54. The molecule has 0 aromatic rings. The van der Waals surface area contributed by atoms with E-state index in [1.54, 1.807) is 0 Å². The first-order chi connectivity index (χ1) is 5.68. The van der Waals surface area contributed by atoms with Crippen LogP contribution in [0.4, 0.5) is 8.78 Å². The first-order valence-corrected chi connectivity index (χ1v) is 5.46. The number of allylic oxidation sites excluding steroid dienone is 1. The Morgan fingerprint density at radius 3 is 2.17 bits per heavy atom. The Bertz CT molecular complexity index is 139. The normalized spacial score (nSPS) is 13.0. The van der Waals surface area contributed by atoms with Crippen molar-refractivity contribution in [2.75, 3.05) is 0 Å². The van der Waals surface area contributed by atoms with E-state index >= 15 is 0 Å². The molecule has 0 fully saturated rings. The molecule has 0 saturated heterocycles. The maximum Gasteiger partial charge on any atom is 0.191 e. The summed E-state index contributed by atoms with van der Waals surface area (Å²) < 4.78 is 24.0. The highest BCUT2D eigenvalue weighted by atomic mass is 127. The van der Waals surface area contributed by atoms with Crippen molar-refractivity contribution in [3.63, 3.8) is 0 Å². The molecule has 0 unspecified atom stereocenters. The lowest BCUT2D eigenvalue weighted by molar-refractivity contribution is 0.516. The van der Waals surface area contributed by atoms with E-state index in [0.29, 0.717) is 0 Å². The van der Waals surface area contributed by atoms with Gasteiger partial charge in [0, 0.05) is 6.42 Å². The van der Waals surface area contributed by atoms with Gasteiger partial charge in [-0.05, 0) is 29.0 Å². The van der Waals surface area contributed by atoms with E-state index in [9.17, 15) is 8.78 Å². The fourth-order valence-electron chi connectivity index (χ4n) is 0.978. The lowest BCUT2D eigenvalue weighted by Crippen LogP contribution is -1.80. The van der Waals surface area contributed by atoms with E-state index in [2.05, 4.69) is 6.92 Å². The number of unbranched alkanes of at least 4 members (excludes halogenated alkanes) is 4. The zero-order valence-corrected chi connectivity index (χ0v) is 9.53. The highest BCUT2D eigenvalue weighted by Gasteiger charge is 2.01. The molecule has 0 bridgehead atoms. The lowest BCUT2D eigenvalue weighted by Gasteiger charge is -1.97. The molecule has 0 aromatic carbocycles. The molecule has 0 aliphatic heterocycles. The van der Waals surface area contributed by atoms with Crippen LogP contribution in [0.15, 0.2) is 9.66 Å². The first kappa shape index (κ1) is 12.3. The topological polar surface area (TPSA) is 0 Å². The Morgan fingerprint density at radius 2 is 1.67 bits per heavy atom. The minimum Gasteiger partial charge on any atom is -0.208 e. The Balaban J connectivity index is 3.26. The summed E-state index contributed by atoms with van der Waals surface area (Å²) in [5, 5.41) is 0. The molecular weight excluding hydrogens is 273 g/mol. The van der Waals surface area contributed by atoms with Crippen LogP contribution in [-0.2, 0) is 0 Å². The van der Waals surface area contributed by atoms with Crippen molar-refractivity contribution in [1.82, 2.24) is 0 Å². The second-order valence-corrected chi connectivity index (χ2v) is 3.78. The molecular formula is C9H15F2I. The minimum atomic E-state index is -0.692. The van der Waals surface area contributed by atoms with Crippen LogP contribution in [0.5, 0.6) is 0 Å². The zero-order chi connectivity index (χ0) is 9.40. The maximum absolute atomic E-state index is 12.5. The highest BCUT2D eigenvalue weighted by molar-refractivity contribution is 14.1. The largest absolute Gasteiger partial charge is 0.208 e. The van der Waals surface area contributed by atoms with Crippen LogP contribution in [0.2, 0.25) is 0 Å². The summed E-state index contributed by atoms with van der Waals surface area (Å²) in [4.78, 5) is 0. The molecule has 0 N–H and O–H groups in total. The van der Waals surface area contributed by atoms with Gasteiger partial charge in [-0.1, -0.05) is 32.6 Å². The fraction of sp³-hybridized carbons (Fsp3) is 0.778. The first-order valence-electron chi connectivity index (χ1n) is 4.38. The molecule has 0 heterocycles. The van der Waals surface area contributed by atoms with Crippen LogP contribution in [0.1, 0.15) is 45.4 Å². The van der Waals surface area contributed by atoms with Crippen LogP contribution in [0.25, 0.3) is 0 Å². The summed E-state index contributed by atoms with van der Waals surface area (Å²) in [5.74, 6) is -0.591.